The normalized spacial score (nSPS) is 11.6. The molecule has 0 heterocycles. The van der Waals surface area contributed by atoms with Crippen molar-refractivity contribution >= 4 is 12.1 Å². The van der Waals surface area contributed by atoms with Crippen molar-refractivity contribution in [2.45, 2.75) is 12.5 Å². The van der Waals surface area contributed by atoms with E-state index < -0.39 is 18.1 Å². The van der Waals surface area contributed by atoms with Gasteiger partial charge in [-0.2, -0.15) is 0 Å². The van der Waals surface area contributed by atoms with Crippen LogP contribution in [0, 0.1) is 0 Å². The Morgan fingerprint density at radius 2 is 1.84 bits per heavy atom. The maximum atomic E-state index is 11.3. The molecule has 1 atom stereocenters. The van der Waals surface area contributed by atoms with Gasteiger partial charge in [0.1, 0.15) is 11.8 Å². The SMILES string of the molecule is COC(=O)C(N)Cc1ccc(OC(=O)N(C)C)cc1. The lowest BCUT2D eigenvalue weighted by Gasteiger charge is -2.12. The monoisotopic (exact) mass is 266 g/mol. The fourth-order valence-corrected chi connectivity index (χ4v) is 1.37. The van der Waals surface area contributed by atoms with Crippen LogP contribution < -0.4 is 10.5 Å². The van der Waals surface area contributed by atoms with E-state index in [1.807, 2.05) is 0 Å². The van der Waals surface area contributed by atoms with Gasteiger partial charge in [-0.15, -0.1) is 0 Å². The highest BCUT2D eigenvalue weighted by Crippen LogP contribution is 2.14. The summed E-state index contributed by atoms with van der Waals surface area (Å²) in [5, 5.41) is 0. The summed E-state index contributed by atoms with van der Waals surface area (Å²) < 4.78 is 9.62. The van der Waals surface area contributed by atoms with Crippen LogP contribution in [0.1, 0.15) is 5.56 Å². The minimum atomic E-state index is -0.694. The number of hydrogen-bond acceptors (Lipinski definition) is 5. The van der Waals surface area contributed by atoms with E-state index in [0.717, 1.165) is 5.56 Å². The van der Waals surface area contributed by atoms with Crippen LogP contribution in [0.5, 0.6) is 5.75 Å². The molecule has 6 heteroatoms. The van der Waals surface area contributed by atoms with Crippen LogP contribution in [0.4, 0.5) is 4.79 Å². The quantitative estimate of drug-likeness (QED) is 0.815. The highest BCUT2D eigenvalue weighted by atomic mass is 16.6. The third-order valence-electron chi connectivity index (χ3n) is 2.45. The number of rotatable bonds is 4. The molecule has 0 saturated carbocycles. The Balaban J connectivity index is 2.61. The predicted octanol–water partition coefficient (Wildman–Crippen LogP) is 0.790. The predicted molar refractivity (Wildman–Crippen MR) is 69.8 cm³/mol. The number of hydrogen-bond donors (Lipinski definition) is 1. The Morgan fingerprint density at radius 3 is 2.32 bits per heavy atom. The van der Waals surface area contributed by atoms with Crippen molar-refractivity contribution in [3.63, 3.8) is 0 Å². The molecular weight excluding hydrogens is 248 g/mol. The van der Waals surface area contributed by atoms with E-state index in [-0.39, 0.29) is 0 Å². The third-order valence-corrected chi connectivity index (χ3v) is 2.45. The first-order valence-electron chi connectivity index (χ1n) is 5.75. The highest BCUT2D eigenvalue weighted by molar-refractivity contribution is 5.75. The minimum Gasteiger partial charge on any atom is -0.468 e. The lowest BCUT2D eigenvalue weighted by atomic mass is 10.1. The first-order chi connectivity index (χ1) is 8.93. The number of nitrogens with two attached hydrogens (primary N) is 1. The fourth-order valence-electron chi connectivity index (χ4n) is 1.37. The second kappa shape index (κ2) is 6.75. The lowest BCUT2D eigenvalue weighted by Crippen LogP contribution is -2.33. The van der Waals surface area contributed by atoms with Crippen molar-refractivity contribution in [3.05, 3.63) is 29.8 Å². The van der Waals surface area contributed by atoms with Crippen molar-refractivity contribution in [3.8, 4) is 5.75 Å². The molecule has 1 amide bonds. The van der Waals surface area contributed by atoms with Gasteiger partial charge in [-0.3, -0.25) is 4.79 Å². The van der Waals surface area contributed by atoms with Gasteiger partial charge in [-0.1, -0.05) is 12.1 Å². The molecule has 0 saturated heterocycles. The summed E-state index contributed by atoms with van der Waals surface area (Å²) >= 11 is 0. The number of esters is 1. The zero-order chi connectivity index (χ0) is 14.4. The fraction of sp³-hybridized carbons (Fsp3) is 0.385. The Labute approximate surface area is 112 Å². The summed E-state index contributed by atoms with van der Waals surface area (Å²) in [7, 11) is 4.50. The topological polar surface area (TPSA) is 81.9 Å². The first kappa shape index (κ1) is 15.0. The second-order valence-corrected chi connectivity index (χ2v) is 4.24. The zero-order valence-corrected chi connectivity index (χ0v) is 11.3. The third kappa shape index (κ3) is 4.59. The number of carbonyl (C=O) groups excluding carboxylic acids is 2. The minimum absolute atomic E-state index is 0.370. The van der Waals surface area contributed by atoms with Crippen LogP contribution in [-0.2, 0) is 16.0 Å². The number of amides is 1. The maximum absolute atomic E-state index is 11.3. The molecule has 0 radical (unpaired) electrons. The molecule has 1 aromatic rings. The highest BCUT2D eigenvalue weighted by Gasteiger charge is 2.14. The smallest absolute Gasteiger partial charge is 0.414 e. The molecule has 0 aliphatic carbocycles. The summed E-state index contributed by atoms with van der Waals surface area (Å²) in [6.45, 7) is 0. The molecule has 0 bridgehead atoms. The van der Waals surface area contributed by atoms with Gasteiger partial charge < -0.3 is 20.1 Å². The summed E-state index contributed by atoms with van der Waals surface area (Å²) in [4.78, 5) is 23.8. The van der Waals surface area contributed by atoms with E-state index in [9.17, 15) is 9.59 Å². The van der Waals surface area contributed by atoms with Gasteiger partial charge in [0.25, 0.3) is 0 Å². The Bertz CT molecular complexity index is 442. The van der Waals surface area contributed by atoms with Gasteiger partial charge in [0.15, 0.2) is 0 Å². The summed E-state index contributed by atoms with van der Waals surface area (Å²) in [5.74, 6) is -0.0165. The van der Waals surface area contributed by atoms with Crippen molar-refractivity contribution in [1.82, 2.24) is 4.90 Å². The summed E-state index contributed by atoms with van der Waals surface area (Å²) in [6.07, 6.45) is -0.0757. The van der Waals surface area contributed by atoms with Crippen LogP contribution in [0.3, 0.4) is 0 Å². The van der Waals surface area contributed by atoms with Crippen molar-refractivity contribution in [2.75, 3.05) is 21.2 Å². The number of methoxy groups -OCH3 is 1. The van der Waals surface area contributed by atoms with Crippen molar-refractivity contribution in [1.29, 1.82) is 0 Å². The number of benzene rings is 1. The van der Waals surface area contributed by atoms with E-state index in [2.05, 4.69) is 4.74 Å². The van der Waals surface area contributed by atoms with E-state index in [1.54, 1.807) is 38.4 Å². The van der Waals surface area contributed by atoms with Gasteiger partial charge in [-0.05, 0) is 24.1 Å². The molecule has 6 nitrogen and oxygen atoms in total. The molecule has 0 spiro atoms. The molecule has 1 unspecified atom stereocenters. The summed E-state index contributed by atoms with van der Waals surface area (Å²) in [6, 6.07) is 6.11. The molecule has 0 aromatic heterocycles. The van der Waals surface area contributed by atoms with Crippen LogP contribution in [0.25, 0.3) is 0 Å². The van der Waals surface area contributed by atoms with Crippen LogP contribution in [0.2, 0.25) is 0 Å². The molecule has 104 valence electrons. The van der Waals surface area contributed by atoms with Crippen LogP contribution in [0.15, 0.2) is 24.3 Å². The Morgan fingerprint density at radius 1 is 1.26 bits per heavy atom. The van der Waals surface area contributed by atoms with E-state index in [0.29, 0.717) is 12.2 Å². The van der Waals surface area contributed by atoms with Gasteiger partial charge >= 0.3 is 12.1 Å². The molecule has 0 fully saturated rings. The summed E-state index contributed by atoms with van der Waals surface area (Å²) in [5.41, 5.74) is 6.52. The molecule has 2 N–H and O–H groups in total. The molecular formula is C13H18N2O4. The average molecular weight is 266 g/mol. The van der Waals surface area contributed by atoms with Gasteiger partial charge in [-0.25, -0.2) is 4.79 Å². The van der Waals surface area contributed by atoms with Gasteiger partial charge in [0, 0.05) is 14.1 Å². The first-order valence-corrected chi connectivity index (χ1v) is 5.75. The second-order valence-electron chi connectivity index (χ2n) is 4.24. The number of ether oxygens (including phenoxy) is 2. The lowest BCUT2D eigenvalue weighted by molar-refractivity contribution is -0.142. The van der Waals surface area contributed by atoms with Crippen LogP contribution in [-0.4, -0.2) is 44.2 Å². The zero-order valence-electron chi connectivity index (χ0n) is 11.3. The molecule has 0 aliphatic rings. The van der Waals surface area contributed by atoms with E-state index >= 15 is 0 Å². The standard InChI is InChI=1S/C13H18N2O4/c1-15(2)13(17)19-10-6-4-9(5-7-10)8-11(14)12(16)18-3/h4-7,11H,8,14H2,1-3H3. The van der Waals surface area contributed by atoms with Gasteiger partial charge in [0.05, 0.1) is 7.11 Å². The number of carbonyl (C=O) groups is 2. The Kier molecular flexibility index (Phi) is 5.32. The maximum Gasteiger partial charge on any atom is 0.414 e. The van der Waals surface area contributed by atoms with Gasteiger partial charge in [0.2, 0.25) is 0 Å². The van der Waals surface area contributed by atoms with Crippen molar-refractivity contribution in [2.24, 2.45) is 5.73 Å². The largest absolute Gasteiger partial charge is 0.468 e. The van der Waals surface area contributed by atoms with Crippen molar-refractivity contribution < 1.29 is 19.1 Å². The van der Waals surface area contributed by atoms with E-state index in [1.165, 1.54) is 12.0 Å². The molecule has 0 aliphatic heterocycles. The molecule has 1 aromatic carbocycles. The average Bonchev–Trinajstić information content (AvgIpc) is 2.39. The Hall–Kier alpha value is -2.08. The number of nitrogens with zero attached hydrogens (tertiary/aromatic N) is 1. The molecule has 1 rings (SSSR count). The molecule has 19 heavy (non-hydrogen) atoms. The van der Waals surface area contributed by atoms with Crippen LogP contribution >= 0.6 is 0 Å². The van der Waals surface area contributed by atoms with E-state index in [4.69, 9.17) is 10.5 Å².